The van der Waals surface area contributed by atoms with Crippen molar-refractivity contribution in [2.75, 3.05) is 26.8 Å². The van der Waals surface area contributed by atoms with Gasteiger partial charge in [0.1, 0.15) is 19.0 Å². The summed E-state index contributed by atoms with van der Waals surface area (Å²) in [7, 11) is 2.20. The van der Waals surface area contributed by atoms with E-state index in [1.807, 2.05) is 18.3 Å². The Kier molecular flexibility index (Phi) is 3.73. The summed E-state index contributed by atoms with van der Waals surface area (Å²) in [5, 5.41) is 0. The molecule has 0 amide bonds. The van der Waals surface area contributed by atoms with Crippen molar-refractivity contribution in [1.29, 1.82) is 0 Å². The van der Waals surface area contributed by atoms with Crippen LogP contribution in [0.1, 0.15) is 25.8 Å². The summed E-state index contributed by atoms with van der Waals surface area (Å²) >= 11 is 0. The standard InChI is InChI=1S/C18H23N3O2/c1-13-11-15(5-7-20(13)2)21-8-6-19-18(21)14-3-4-16-17(12-14)23-10-9-22-16/h3-4,6,8,12-13,15H,5,7,9-11H2,1-2H3/t13-,15-/m1/s1. The summed E-state index contributed by atoms with van der Waals surface area (Å²) in [5.74, 6) is 2.66. The van der Waals surface area contributed by atoms with E-state index >= 15 is 0 Å². The molecule has 2 aromatic rings. The molecule has 2 aliphatic rings. The molecule has 0 N–H and O–H groups in total. The molecule has 1 aromatic carbocycles. The van der Waals surface area contributed by atoms with Crippen molar-refractivity contribution in [2.24, 2.45) is 0 Å². The van der Waals surface area contributed by atoms with Gasteiger partial charge in [-0.2, -0.15) is 0 Å². The number of aromatic nitrogens is 2. The highest BCUT2D eigenvalue weighted by atomic mass is 16.6. The van der Waals surface area contributed by atoms with Gasteiger partial charge in [0.25, 0.3) is 0 Å². The van der Waals surface area contributed by atoms with Gasteiger partial charge in [-0.1, -0.05) is 0 Å². The number of rotatable bonds is 2. The van der Waals surface area contributed by atoms with Gasteiger partial charge >= 0.3 is 0 Å². The lowest BCUT2D eigenvalue weighted by Gasteiger charge is -2.36. The Bertz CT molecular complexity index is 697. The van der Waals surface area contributed by atoms with Crippen molar-refractivity contribution in [3.63, 3.8) is 0 Å². The third-order valence-electron chi connectivity index (χ3n) is 5.04. The van der Waals surface area contributed by atoms with Crippen LogP contribution in [-0.2, 0) is 0 Å². The zero-order valence-electron chi connectivity index (χ0n) is 13.7. The van der Waals surface area contributed by atoms with E-state index in [2.05, 4.69) is 40.7 Å². The molecule has 1 aromatic heterocycles. The van der Waals surface area contributed by atoms with E-state index < -0.39 is 0 Å². The van der Waals surface area contributed by atoms with Gasteiger partial charge in [0, 0.05) is 36.6 Å². The number of likely N-dealkylation sites (tertiary alicyclic amines) is 1. The first-order chi connectivity index (χ1) is 11.2. The smallest absolute Gasteiger partial charge is 0.162 e. The summed E-state index contributed by atoms with van der Waals surface area (Å²) in [4.78, 5) is 7.04. The molecule has 0 spiro atoms. The van der Waals surface area contributed by atoms with E-state index in [9.17, 15) is 0 Å². The second-order valence-corrected chi connectivity index (χ2v) is 6.52. The van der Waals surface area contributed by atoms with E-state index in [1.165, 1.54) is 0 Å². The van der Waals surface area contributed by atoms with Crippen molar-refractivity contribution >= 4 is 0 Å². The predicted octanol–water partition coefficient (Wildman–Crippen LogP) is 2.98. The van der Waals surface area contributed by atoms with Crippen LogP contribution < -0.4 is 9.47 Å². The zero-order valence-corrected chi connectivity index (χ0v) is 13.7. The maximum atomic E-state index is 5.71. The van der Waals surface area contributed by atoms with Gasteiger partial charge in [-0.25, -0.2) is 4.98 Å². The molecule has 1 saturated heterocycles. The van der Waals surface area contributed by atoms with Crippen molar-refractivity contribution in [2.45, 2.75) is 31.8 Å². The fourth-order valence-electron chi connectivity index (χ4n) is 3.53. The molecule has 3 heterocycles. The average molecular weight is 313 g/mol. The molecule has 1 fully saturated rings. The Morgan fingerprint density at radius 1 is 1.17 bits per heavy atom. The number of piperidine rings is 1. The van der Waals surface area contributed by atoms with Crippen LogP contribution in [0, 0.1) is 0 Å². The number of hydrogen-bond donors (Lipinski definition) is 0. The lowest BCUT2D eigenvalue weighted by Crippen LogP contribution is -2.38. The van der Waals surface area contributed by atoms with Crippen LogP contribution in [0.15, 0.2) is 30.6 Å². The van der Waals surface area contributed by atoms with Gasteiger partial charge in [0.15, 0.2) is 11.5 Å². The highest BCUT2D eigenvalue weighted by Crippen LogP contribution is 2.36. The van der Waals surface area contributed by atoms with E-state index in [0.717, 1.165) is 42.3 Å². The van der Waals surface area contributed by atoms with Gasteiger partial charge in [0.05, 0.1) is 0 Å². The number of hydrogen-bond acceptors (Lipinski definition) is 4. The minimum atomic E-state index is 0.506. The highest BCUT2D eigenvalue weighted by molar-refractivity contribution is 5.62. The molecule has 0 radical (unpaired) electrons. The molecule has 5 nitrogen and oxygen atoms in total. The largest absolute Gasteiger partial charge is 0.486 e. The molecule has 2 atom stereocenters. The minimum absolute atomic E-state index is 0.506. The second-order valence-electron chi connectivity index (χ2n) is 6.52. The van der Waals surface area contributed by atoms with Crippen molar-refractivity contribution in [3.8, 4) is 22.9 Å². The summed E-state index contributed by atoms with van der Waals surface area (Å²) in [6.45, 7) is 4.66. The Hall–Kier alpha value is -2.01. The van der Waals surface area contributed by atoms with E-state index in [1.54, 1.807) is 0 Å². The molecular weight excluding hydrogens is 290 g/mol. The van der Waals surface area contributed by atoms with Crippen LogP contribution in [0.3, 0.4) is 0 Å². The van der Waals surface area contributed by atoms with E-state index in [0.29, 0.717) is 25.3 Å². The zero-order chi connectivity index (χ0) is 15.8. The van der Waals surface area contributed by atoms with Gasteiger partial charge in [0.2, 0.25) is 0 Å². The lowest BCUT2D eigenvalue weighted by atomic mass is 9.98. The first-order valence-electron chi connectivity index (χ1n) is 8.35. The summed E-state index contributed by atoms with van der Waals surface area (Å²) < 4.78 is 13.6. The highest BCUT2D eigenvalue weighted by Gasteiger charge is 2.26. The van der Waals surface area contributed by atoms with Crippen molar-refractivity contribution in [1.82, 2.24) is 14.5 Å². The molecule has 0 unspecified atom stereocenters. The van der Waals surface area contributed by atoms with Gasteiger partial charge in [-0.05, 0) is 45.0 Å². The maximum Gasteiger partial charge on any atom is 0.162 e. The van der Waals surface area contributed by atoms with Crippen molar-refractivity contribution in [3.05, 3.63) is 30.6 Å². The van der Waals surface area contributed by atoms with Crippen LogP contribution in [0.2, 0.25) is 0 Å². The molecule has 0 bridgehead atoms. The fraction of sp³-hybridized carbons (Fsp3) is 0.500. The van der Waals surface area contributed by atoms with Crippen LogP contribution in [0.25, 0.3) is 11.4 Å². The third-order valence-corrected chi connectivity index (χ3v) is 5.04. The van der Waals surface area contributed by atoms with E-state index in [-0.39, 0.29) is 0 Å². The van der Waals surface area contributed by atoms with Crippen LogP contribution >= 0.6 is 0 Å². The first-order valence-corrected chi connectivity index (χ1v) is 8.35. The molecule has 0 aliphatic carbocycles. The van der Waals surface area contributed by atoms with E-state index in [4.69, 9.17) is 9.47 Å². The summed E-state index contributed by atoms with van der Waals surface area (Å²) in [6.07, 6.45) is 6.32. The van der Waals surface area contributed by atoms with Crippen LogP contribution in [-0.4, -0.2) is 47.3 Å². The first kappa shape index (κ1) is 14.6. The normalized spacial score (nSPS) is 24.6. The number of nitrogens with zero attached hydrogens (tertiary/aromatic N) is 3. The Labute approximate surface area is 136 Å². The maximum absolute atomic E-state index is 5.71. The summed E-state index contributed by atoms with van der Waals surface area (Å²) in [6, 6.07) is 7.22. The molecule has 0 saturated carbocycles. The lowest BCUT2D eigenvalue weighted by molar-refractivity contribution is 0.157. The number of imidazole rings is 1. The molecule has 2 aliphatic heterocycles. The number of benzene rings is 1. The Balaban J connectivity index is 1.65. The third kappa shape index (κ3) is 2.70. The van der Waals surface area contributed by atoms with Crippen LogP contribution in [0.4, 0.5) is 0 Å². The molecule has 5 heteroatoms. The average Bonchev–Trinajstić information content (AvgIpc) is 3.06. The quantitative estimate of drug-likeness (QED) is 0.854. The van der Waals surface area contributed by atoms with Crippen molar-refractivity contribution < 1.29 is 9.47 Å². The van der Waals surface area contributed by atoms with Crippen LogP contribution in [0.5, 0.6) is 11.5 Å². The topological polar surface area (TPSA) is 39.5 Å². The minimum Gasteiger partial charge on any atom is -0.486 e. The molecule has 23 heavy (non-hydrogen) atoms. The predicted molar refractivity (Wildman–Crippen MR) is 89.0 cm³/mol. The fourth-order valence-corrected chi connectivity index (χ4v) is 3.53. The van der Waals surface area contributed by atoms with Gasteiger partial charge in [-0.15, -0.1) is 0 Å². The summed E-state index contributed by atoms with van der Waals surface area (Å²) in [5.41, 5.74) is 1.09. The SMILES string of the molecule is C[C@@H]1C[C@H](n2ccnc2-c2ccc3c(c2)OCCO3)CCN1C. The number of ether oxygens (including phenoxy) is 2. The molecule has 4 rings (SSSR count). The number of fused-ring (bicyclic) bond motifs is 1. The molecular formula is C18H23N3O2. The Morgan fingerprint density at radius 2 is 2.00 bits per heavy atom. The molecule has 122 valence electrons. The van der Waals surface area contributed by atoms with Gasteiger partial charge < -0.3 is 18.9 Å². The second kappa shape index (κ2) is 5.89. The monoisotopic (exact) mass is 313 g/mol. The van der Waals surface area contributed by atoms with Gasteiger partial charge in [-0.3, -0.25) is 0 Å². The Morgan fingerprint density at radius 3 is 2.83 bits per heavy atom.